The molecule has 1 aromatic rings. The van der Waals surface area contributed by atoms with Crippen molar-refractivity contribution in [2.45, 2.75) is 13.0 Å². The minimum absolute atomic E-state index is 0.437. The Morgan fingerprint density at radius 3 is 2.59 bits per heavy atom. The van der Waals surface area contributed by atoms with E-state index in [0.717, 1.165) is 30.4 Å². The minimum atomic E-state index is 0.437. The molecule has 3 nitrogen and oxygen atoms in total. The summed E-state index contributed by atoms with van der Waals surface area (Å²) in [5, 5.41) is 4.12. The summed E-state index contributed by atoms with van der Waals surface area (Å²) in [5.41, 5.74) is 1.10. The molecule has 0 aliphatic heterocycles. The summed E-state index contributed by atoms with van der Waals surface area (Å²) in [6.07, 6.45) is 0. The highest BCUT2D eigenvalue weighted by Crippen LogP contribution is 2.12. The fourth-order valence-corrected chi connectivity index (χ4v) is 1.66. The van der Waals surface area contributed by atoms with Crippen molar-refractivity contribution >= 4 is 17.3 Å². The van der Waals surface area contributed by atoms with E-state index < -0.39 is 0 Å². The van der Waals surface area contributed by atoms with Gasteiger partial charge >= 0.3 is 0 Å². The Hall–Kier alpha value is -0.770. The number of rotatable bonds is 7. The van der Waals surface area contributed by atoms with Gasteiger partial charge < -0.3 is 10.1 Å². The maximum atomic E-state index is 5.82. The van der Waals surface area contributed by atoms with Crippen molar-refractivity contribution in [3.63, 3.8) is 0 Å². The van der Waals surface area contributed by atoms with E-state index in [1.54, 1.807) is 7.11 Å². The quantitative estimate of drug-likeness (QED) is 0.812. The molecule has 0 radical (unpaired) electrons. The number of hydrogen-bond donors (Lipinski definition) is 1. The number of ether oxygens (including phenoxy) is 1. The lowest BCUT2D eigenvalue weighted by atomic mass is 10.3. The van der Waals surface area contributed by atoms with Crippen LogP contribution >= 0.6 is 11.6 Å². The van der Waals surface area contributed by atoms with Gasteiger partial charge in [0.2, 0.25) is 0 Å². The lowest BCUT2D eigenvalue weighted by Crippen LogP contribution is -2.36. The molecule has 0 saturated carbocycles. The molecular formula is C13H21ClN2O. The third kappa shape index (κ3) is 5.39. The van der Waals surface area contributed by atoms with Crippen LogP contribution < -0.4 is 5.32 Å². The van der Waals surface area contributed by atoms with Gasteiger partial charge in [-0.1, -0.05) is 11.6 Å². The van der Waals surface area contributed by atoms with E-state index in [4.69, 9.17) is 16.3 Å². The third-order valence-electron chi connectivity index (χ3n) is 2.80. The molecule has 96 valence electrons. The van der Waals surface area contributed by atoms with Crippen molar-refractivity contribution in [1.29, 1.82) is 0 Å². The van der Waals surface area contributed by atoms with Gasteiger partial charge in [-0.2, -0.15) is 0 Å². The minimum Gasteiger partial charge on any atom is -0.384 e. The number of benzene rings is 1. The predicted molar refractivity (Wildman–Crippen MR) is 73.9 cm³/mol. The summed E-state index contributed by atoms with van der Waals surface area (Å²) in [7, 11) is 3.84. The number of anilines is 1. The summed E-state index contributed by atoms with van der Waals surface area (Å²) >= 11 is 5.82. The van der Waals surface area contributed by atoms with Gasteiger partial charge in [-0.3, -0.25) is 4.90 Å². The summed E-state index contributed by atoms with van der Waals surface area (Å²) in [6.45, 7) is 4.81. The van der Waals surface area contributed by atoms with E-state index >= 15 is 0 Å². The molecule has 4 heteroatoms. The zero-order valence-electron chi connectivity index (χ0n) is 10.7. The van der Waals surface area contributed by atoms with Crippen molar-refractivity contribution < 1.29 is 4.74 Å². The van der Waals surface area contributed by atoms with E-state index in [1.807, 2.05) is 24.3 Å². The van der Waals surface area contributed by atoms with Crippen LogP contribution in [0.2, 0.25) is 5.02 Å². The van der Waals surface area contributed by atoms with Crippen molar-refractivity contribution in [3.05, 3.63) is 29.3 Å². The number of nitrogens with one attached hydrogen (secondary N) is 1. The fourth-order valence-electron chi connectivity index (χ4n) is 1.53. The van der Waals surface area contributed by atoms with Gasteiger partial charge in [-0.25, -0.2) is 0 Å². The Morgan fingerprint density at radius 1 is 1.35 bits per heavy atom. The van der Waals surface area contributed by atoms with Gasteiger partial charge in [-0.15, -0.1) is 0 Å². The van der Waals surface area contributed by atoms with Crippen molar-refractivity contribution in [2.24, 2.45) is 0 Å². The van der Waals surface area contributed by atoms with Gasteiger partial charge in [-0.05, 0) is 38.2 Å². The van der Waals surface area contributed by atoms with Crippen LogP contribution in [0.4, 0.5) is 5.69 Å². The van der Waals surface area contributed by atoms with Crippen molar-refractivity contribution in [1.82, 2.24) is 4.90 Å². The van der Waals surface area contributed by atoms with E-state index in [0.29, 0.717) is 6.04 Å². The largest absolute Gasteiger partial charge is 0.384 e. The van der Waals surface area contributed by atoms with E-state index in [2.05, 4.69) is 24.2 Å². The summed E-state index contributed by atoms with van der Waals surface area (Å²) in [5.74, 6) is 0. The maximum absolute atomic E-state index is 5.82. The van der Waals surface area contributed by atoms with E-state index in [1.165, 1.54) is 0 Å². The Labute approximate surface area is 109 Å². The van der Waals surface area contributed by atoms with Gasteiger partial charge in [0.25, 0.3) is 0 Å². The molecule has 1 unspecified atom stereocenters. The van der Waals surface area contributed by atoms with Crippen molar-refractivity contribution in [2.75, 3.05) is 39.2 Å². The Kier molecular flexibility index (Phi) is 6.34. The van der Waals surface area contributed by atoms with Crippen LogP contribution in [0.15, 0.2) is 24.3 Å². The molecule has 0 fully saturated rings. The Bertz CT molecular complexity index is 316. The first-order valence-corrected chi connectivity index (χ1v) is 6.20. The first kappa shape index (κ1) is 14.3. The molecule has 0 amide bonds. The molecule has 1 aromatic carbocycles. The Balaban J connectivity index is 2.25. The summed E-state index contributed by atoms with van der Waals surface area (Å²) in [6, 6.07) is 8.19. The second kappa shape index (κ2) is 7.54. The van der Waals surface area contributed by atoms with Gasteiger partial charge in [0, 0.05) is 37.0 Å². The van der Waals surface area contributed by atoms with Crippen LogP contribution in [0, 0.1) is 0 Å². The molecule has 1 atom stereocenters. The molecular weight excluding hydrogens is 236 g/mol. The molecule has 0 saturated heterocycles. The van der Waals surface area contributed by atoms with Crippen LogP contribution in [-0.2, 0) is 4.74 Å². The fraction of sp³-hybridized carbons (Fsp3) is 0.538. The number of methoxy groups -OCH3 is 1. The SMILES string of the molecule is COCC(C)N(C)CCNc1ccc(Cl)cc1. The van der Waals surface area contributed by atoms with E-state index in [-0.39, 0.29) is 0 Å². The first-order chi connectivity index (χ1) is 8.13. The number of likely N-dealkylation sites (N-methyl/N-ethyl adjacent to an activating group) is 1. The highest BCUT2D eigenvalue weighted by molar-refractivity contribution is 6.30. The molecule has 0 spiro atoms. The van der Waals surface area contributed by atoms with Gasteiger partial charge in [0.1, 0.15) is 0 Å². The third-order valence-corrected chi connectivity index (χ3v) is 3.05. The normalized spacial score (nSPS) is 12.8. The average molecular weight is 257 g/mol. The van der Waals surface area contributed by atoms with Gasteiger partial charge in [0.15, 0.2) is 0 Å². The smallest absolute Gasteiger partial charge is 0.0615 e. The number of halogens is 1. The molecule has 1 rings (SSSR count). The molecule has 1 N–H and O–H groups in total. The summed E-state index contributed by atoms with van der Waals surface area (Å²) in [4.78, 5) is 2.27. The maximum Gasteiger partial charge on any atom is 0.0615 e. The zero-order valence-corrected chi connectivity index (χ0v) is 11.5. The molecule has 0 heterocycles. The molecule has 17 heavy (non-hydrogen) atoms. The van der Waals surface area contributed by atoms with Crippen molar-refractivity contribution in [3.8, 4) is 0 Å². The molecule has 0 aliphatic rings. The summed E-state index contributed by atoms with van der Waals surface area (Å²) < 4.78 is 5.13. The Morgan fingerprint density at radius 2 is 2.00 bits per heavy atom. The monoisotopic (exact) mass is 256 g/mol. The lowest BCUT2D eigenvalue weighted by molar-refractivity contribution is 0.118. The van der Waals surface area contributed by atoms with Crippen LogP contribution in [0.5, 0.6) is 0 Å². The van der Waals surface area contributed by atoms with Crippen LogP contribution in [-0.4, -0.2) is 44.8 Å². The lowest BCUT2D eigenvalue weighted by Gasteiger charge is -2.24. The van der Waals surface area contributed by atoms with Gasteiger partial charge in [0.05, 0.1) is 6.61 Å². The highest BCUT2D eigenvalue weighted by atomic mass is 35.5. The van der Waals surface area contributed by atoms with Crippen LogP contribution in [0.25, 0.3) is 0 Å². The van der Waals surface area contributed by atoms with Crippen LogP contribution in [0.1, 0.15) is 6.92 Å². The van der Waals surface area contributed by atoms with E-state index in [9.17, 15) is 0 Å². The molecule has 0 bridgehead atoms. The van der Waals surface area contributed by atoms with Crippen LogP contribution in [0.3, 0.4) is 0 Å². The average Bonchev–Trinajstić information content (AvgIpc) is 2.32. The highest BCUT2D eigenvalue weighted by Gasteiger charge is 2.07. The topological polar surface area (TPSA) is 24.5 Å². The molecule has 0 aromatic heterocycles. The number of hydrogen-bond acceptors (Lipinski definition) is 3. The first-order valence-electron chi connectivity index (χ1n) is 5.82. The number of nitrogens with zero attached hydrogens (tertiary/aromatic N) is 1. The standard InChI is InChI=1S/C13H21ClN2O/c1-11(10-17-3)16(2)9-8-15-13-6-4-12(14)5-7-13/h4-7,11,15H,8-10H2,1-3H3. The zero-order chi connectivity index (χ0) is 12.7. The predicted octanol–water partition coefficient (Wildman–Crippen LogP) is 2.72. The second-order valence-electron chi connectivity index (χ2n) is 4.22. The molecule has 0 aliphatic carbocycles. The second-order valence-corrected chi connectivity index (χ2v) is 4.66.